The van der Waals surface area contributed by atoms with E-state index in [4.69, 9.17) is 9.47 Å². The van der Waals surface area contributed by atoms with Gasteiger partial charge in [-0.05, 0) is 45.7 Å². The third kappa shape index (κ3) is 4.99. The molecule has 7 nitrogen and oxygen atoms in total. The number of aryl methyl sites for hydroxylation is 1. The summed E-state index contributed by atoms with van der Waals surface area (Å²) in [6.07, 6.45) is 5.40. The zero-order valence-electron chi connectivity index (χ0n) is 17.8. The molecule has 2 aliphatic rings. The van der Waals surface area contributed by atoms with E-state index in [2.05, 4.69) is 21.8 Å². The number of pyridine rings is 1. The second kappa shape index (κ2) is 9.85. The number of morpholine rings is 1. The van der Waals surface area contributed by atoms with Crippen LogP contribution >= 0.6 is 11.3 Å². The number of aromatic nitrogens is 2. The lowest BCUT2D eigenvalue weighted by molar-refractivity contribution is 0.0305. The summed E-state index contributed by atoms with van der Waals surface area (Å²) in [5.41, 5.74) is 1.67. The molecule has 4 rings (SSSR count). The highest BCUT2D eigenvalue weighted by atomic mass is 32.1. The Balaban J connectivity index is 1.32. The first-order valence-electron chi connectivity index (χ1n) is 10.8. The van der Waals surface area contributed by atoms with Crippen molar-refractivity contribution in [1.82, 2.24) is 19.8 Å². The largest absolute Gasteiger partial charge is 0.478 e. The van der Waals surface area contributed by atoms with E-state index in [9.17, 15) is 4.79 Å². The van der Waals surface area contributed by atoms with Crippen molar-refractivity contribution < 1.29 is 14.3 Å². The maximum absolute atomic E-state index is 12.8. The molecule has 2 saturated heterocycles. The number of hydrogen-bond donors (Lipinski definition) is 0. The van der Waals surface area contributed by atoms with E-state index in [1.807, 2.05) is 24.0 Å². The summed E-state index contributed by atoms with van der Waals surface area (Å²) >= 11 is 1.43. The van der Waals surface area contributed by atoms with E-state index in [1.54, 1.807) is 6.20 Å². The second-order valence-electron chi connectivity index (χ2n) is 7.95. The molecular formula is C22H30N4O3S. The highest BCUT2D eigenvalue weighted by Crippen LogP contribution is 2.29. The van der Waals surface area contributed by atoms with Gasteiger partial charge in [0.05, 0.1) is 25.5 Å². The molecule has 0 saturated carbocycles. The van der Waals surface area contributed by atoms with E-state index in [-0.39, 0.29) is 5.91 Å². The fraction of sp³-hybridized carbons (Fsp3) is 0.591. The minimum Gasteiger partial charge on any atom is -0.478 e. The normalized spacial score (nSPS) is 19.9. The number of rotatable bonds is 7. The molecule has 2 fully saturated rings. The summed E-state index contributed by atoms with van der Waals surface area (Å²) in [4.78, 5) is 26.9. The molecule has 2 aromatic rings. The van der Waals surface area contributed by atoms with Crippen molar-refractivity contribution in [3.8, 4) is 16.5 Å². The van der Waals surface area contributed by atoms with E-state index in [0.29, 0.717) is 49.7 Å². The Morgan fingerprint density at radius 1 is 1.30 bits per heavy atom. The van der Waals surface area contributed by atoms with Crippen molar-refractivity contribution >= 4 is 17.2 Å². The predicted molar refractivity (Wildman–Crippen MR) is 117 cm³/mol. The fourth-order valence-electron chi connectivity index (χ4n) is 3.99. The molecule has 2 aromatic heterocycles. The van der Waals surface area contributed by atoms with Crippen LogP contribution in [0.15, 0.2) is 18.3 Å². The molecular weight excluding hydrogens is 400 g/mol. The third-order valence-electron chi connectivity index (χ3n) is 5.80. The van der Waals surface area contributed by atoms with Crippen molar-refractivity contribution in [3.05, 3.63) is 28.9 Å². The standard InChI is InChI=1S/C22H30N4O3S/c1-16-5-3-8-25(16)9-4-12-29-19-7-6-18(15-23-19)21-24-17(2)20(30-21)22(27)26-10-13-28-14-11-26/h6-7,15-16H,3-5,8-14H2,1-2H3. The summed E-state index contributed by atoms with van der Waals surface area (Å²) in [6, 6.07) is 4.55. The van der Waals surface area contributed by atoms with Gasteiger partial charge < -0.3 is 19.3 Å². The van der Waals surface area contributed by atoms with Gasteiger partial charge in [0.15, 0.2) is 0 Å². The molecule has 0 radical (unpaired) electrons. The van der Waals surface area contributed by atoms with Gasteiger partial charge in [-0.15, -0.1) is 11.3 Å². The van der Waals surface area contributed by atoms with Crippen LogP contribution in [0.4, 0.5) is 0 Å². The van der Waals surface area contributed by atoms with E-state index < -0.39 is 0 Å². The first-order chi connectivity index (χ1) is 14.6. The molecule has 8 heteroatoms. The van der Waals surface area contributed by atoms with Crippen LogP contribution in [-0.4, -0.2) is 77.7 Å². The Hall–Kier alpha value is -2.03. The zero-order chi connectivity index (χ0) is 20.9. The summed E-state index contributed by atoms with van der Waals surface area (Å²) in [6.45, 7) is 9.61. The number of amides is 1. The minimum atomic E-state index is 0.0415. The molecule has 0 N–H and O–H groups in total. The third-order valence-corrected chi connectivity index (χ3v) is 7.00. The van der Waals surface area contributed by atoms with E-state index >= 15 is 0 Å². The van der Waals surface area contributed by atoms with Crippen LogP contribution in [-0.2, 0) is 4.74 Å². The molecule has 1 unspecified atom stereocenters. The Labute approximate surface area is 182 Å². The van der Waals surface area contributed by atoms with Gasteiger partial charge in [-0.25, -0.2) is 9.97 Å². The van der Waals surface area contributed by atoms with Crippen molar-refractivity contribution in [2.24, 2.45) is 0 Å². The number of carbonyl (C=O) groups excluding carboxylic acids is 1. The van der Waals surface area contributed by atoms with Gasteiger partial charge in [0.25, 0.3) is 5.91 Å². The van der Waals surface area contributed by atoms with E-state index in [0.717, 1.165) is 29.2 Å². The van der Waals surface area contributed by atoms with Gasteiger partial charge in [0.1, 0.15) is 9.88 Å². The van der Waals surface area contributed by atoms with Crippen LogP contribution in [0.1, 0.15) is 41.6 Å². The fourth-order valence-corrected chi connectivity index (χ4v) is 5.01. The van der Waals surface area contributed by atoms with Gasteiger partial charge in [-0.3, -0.25) is 4.79 Å². The lowest BCUT2D eigenvalue weighted by Gasteiger charge is -2.26. The number of nitrogens with zero attached hydrogens (tertiary/aromatic N) is 4. The lowest BCUT2D eigenvalue weighted by atomic mass is 10.2. The predicted octanol–water partition coefficient (Wildman–Crippen LogP) is 3.24. The van der Waals surface area contributed by atoms with Gasteiger partial charge in [-0.2, -0.15) is 0 Å². The number of carbonyl (C=O) groups is 1. The monoisotopic (exact) mass is 430 g/mol. The molecule has 0 bridgehead atoms. The Morgan fingerprint density at radius 2 is 2.13 bits per heavy atom. The van der Waals surface area contributed by atoms with Crippen LogP contribution < -0.4 is 4.74 Å². The molecule has 0 aromatic carbocycles. The summed E-state index contributed by atoms with van der Waals surface area (Å²) in [5.74, 6) is 0.672. The Bertz CT molecular complexity index is 849. The molecule has 0 spiro atoms. The van der Waals surface area contributed by atoms with Gasteiger partial charge in [0.2, 0.25) is 5.88 Å². The van der Waals surface area contributed by atoms with Crippen LogP contribution in [0, 0.1) is 6.92 Å². The first kappa shape index (κ1) is 21.2. The number of hydrogen-bond acceptors (Lipinski definition) is 7. The van der Waals surface area contributed by atoms with Crippen LogP contribution in [0.2, 0.25) is 0 Å². The molecule has 30 heavy (non-hydrogen) atoms. The number of likely N-dealkylation sites (tertiary alicyclic amines) is 1. The summed E-state index contributed by atoms with van der Waals surface area (Å²) < 4.78 is 11.1. The smallest absolute Gasteiger partial charge is 0.266 e. The van der Waals surface area contributed by atoms with Crippen molar-refractivity contribution in [3.63, 3.8) is 0 Å². The number of ether oxygens (including phenoxy) is 2. The van der Waals surface area contributed by atoms with Crippen LogP contribution in [0.3, 0.4) is 0 Å². The SMILES string of the molecule is Cc1nc(-c2ccc(OCCCN3CCCC3C)nc2)sc1C(=O)N1CCOCC1. The lowest BCUT2D eigenvalue weighted by Crippen LogP contribution is -2.40. The van der Waals surface area contributed by atoms with Gasteiger partial charge >= 0.3 is 0 Å². The quantitative estimate of drug-likeness (QED) is 0.628. The van der Waals surface area contributed by atoms with E-state index in [1.165, 1.54) is 30.7 Å². The Kier molecular flexibility index (Phi) is 6.97. The molecule has 1 amide bonds. The van der Waals surface area contributed by atoms with Gasteiger partial charge in [-0.1, -0.05) is 0 Å². The first-order valence-corrected chi connectivity index (χ1v) is 11.6. The summed E-state index contributed by atoms with van der Waals surface area (Å²) in [5, 5.41) is 0.811. The highest BCUT2D eigenvalue weighted by molar-refractivity contribution is 7.17. The van der Waals surface area contributed by atoms with Crippen molar-refractivity contribution in [2.45, 2.75) is 39.2 Å². The maximum Gasteiger partial charge on any atom is 0.266 e. The highest BCUT2D eigenvalue weighted by Gasteiger charge is 2.23. The van der Waals surface area contributed by atoms with Crippen molar-refractivity contribution in [1.29, 1.82) is 0 Å². The average molecular weight is 431 g/mol. The molecule has 1 atom stereocenters. The van der Waals surface area contributed by atoms with Gasteiger partial charge in [0, 0.05) is 43.5 Å². The number of thiazole rings is 1. The van der Waals surface area contributed by atoms with Crippen molar-refractivity contribution in [2.75, 3.05) is 46.0 Å². The zero-order valence-corrected chi connectivity index (χ0v) is 18.6. The molecule has 4 heterocycles. The summed E-state index contributed by atoms with van der Waals surface area (Å²) in [7, 11) is 0. The topological polar surface area (TPSA) is 67.8 Å². The molecule has 0 aliphatic carbocycles. The second-order valence-corrected chi connectivity index (χ2v) is 8.95. The van der Waals surface area contributed by atoms with Crippen LogP contribution in [0.5, 0.6) is 5.88 Å². The maximum atomic E-state index is 12.8. The Morgan fingerprint density at radius 3 is 2.83 bits per heavy atom. The van der Waals surface area contributed by atoms with Crippen LogP contribution in [0.25, 0.3) is 10.6 Å². The molecule has 162 valence electrons. The molecule has 2 aliphatic heterocycles. The minimum absolute atomic E-state index is 0.0415. The average Bonchev–Trinajstić information content (AvgIpc) is 3.37.